The van der Waals surface area contributed by atoms with E-state index >= 15 is 0 Å². The van der Waals surface area contributed by atoms with E-state index in [-0.39, 0.29) is 6.61 Å². The average Bonchev–Trinajstić information content (AvgIpc) is 1.81. The van der Waals surface area contributed by atoms with Gasteiger partial charge in [0.1, 0.15) is 0 Å². The molecule has 0 aliphatic carbocycles. The molecule has 0 aliphatic heterocycles. The molecule has 0 saturated heterocycles. The molecule has 2 nitrogen and oxygen atoms in total. The SMILES string of the molecule is C[PH](C)(C)CCC(O)CO. The molecule has 64 valence electrons. The van der Waals surface area contributed by atoms with E-state index in [9.17, 15) is 0 Å². The minimum atomic E-state index is -1.01. The third-order valence-corrected chi connectivity index (χ3v) is 3.23. The fourth-order valence-corrected chi connectivity index (χ4v) is 1.89. The topological polar surface area (TPSA) is 40.5 Å². The van der Waals surface area contributed by atoms with Gasteiger partial charge in [0.05, 0.1) is 0 Å². The van der Waals surface area contributed by atoms with Crippen molar-refractivity contribution in [2.24, 2.45) is 0 Å². The Bertz CT molecular complexity index is 88.1. The summed E-state index contributed by atoms with van der Waals surface area (Å²) in [7, 11) is -1.01. The van der Waals surface area contributed by atoms with Crippen LogP contribution in [-0.2, 0) is 0 Å². The molecule has 0 aromatic carbocycles. The third-order valence-electron chi connectivity index (χ3n) is 1.44. The number of aliphatic hydroxyl groups excluding tert-OH is 2. The second kappa shape index (κ2) is 4.27. The van der Waals surface area contributed by atoms with Crippen LogP contribution in [0.3, 0.4) is 0 Å². The Morgan fingerprint density at radius 1 is 1.30 bits per heavy atom. The Morgan fingerprint density at radius 3 is 2.10 bits per heavy atom. The molecule has 0 rings (SSSR count). The van der Waals surface area contributed by atoms with E-state index in [0.717, 1.165) is 12.6 Å². The van der Waals surface area contributed by atoms with Crippen LogP contribution in [0.1, 0.15) is 6.42 Å². The molecule has 10 heavy (non-hydrogen) atoms. The summed E-state index contributed by atoms with van der Waals surface area (Å²) in [5, 5.41) is 17.5. The fraction of sp³-hybridized carbons (Fsp3) is 1.00. The van der Waals surface area contributed by atoms with Crippen molar-refractivity contribution < 1.29 is 10.2 Å². The minimum absolute atomic E-state index is 0.0928. The van der Waals surface area contributed by atoms with Crippen molar-refractivity contribution in [3.8, 4) is 0 Å². The summed E-state index contributed by atoms with van der Waals surface area (Å²) in [6.45, 7) is 6.69. The van der Waals surface area contributed by atoms with Crippen molar-refractivity contribution in [1.82, 2.24) is 0 Å². The molecule has 0 spiro atoms. The molecule has 3 heteroatoms. The van der Waals surface area contributed by atoms with Crippen molar-refractivity contribution in [3.63, 3.8) is 0 Å². The summed E-state index contributed by atoms with van der Waals surface area (Å²) in [6, 6.07) is 0. The number of aliphatic hydroxyl groups is 2. The zero-order chi connectivity index (χ0) is 8.20. The molecule has 0 fully saturated rings. The third kappa shape index (κ3) is 6.47. The van der Waals surface area contributed by atoms with Gasteiger partial charge in [-0.1, -0.05) is 0 Å². The molecule has 0 aromatic rings. The van der Waals surface area contributed by atoms with Gasteiger partial charge in [-0.05, 0) is 0 Å². The first-order chi connectivity index (χ1) is 4.45. The predicted molar refractivity (Wildman–Crippen MR) is 48.7 cm³/mol. The summed E-state index contributed by atoms with van der Waals surface area (Å²) in [5.41, 5.74) is 0. The zero-order valence-corrected chi connectivity index (χ0v) is 8.09. The molecule has 0 saturated carbocycles. The second-order valence-corrected chi connectivity index (χ2v) is 9.56. The van der Waals surface area contributed by atoms with Crippen LogP contribution in [0.25, 0.3) is 0 Å². The van der Waals surface area contributed by atoms with Gasteiger partial charge in [-0.3, -0.25) is 0 Å². The molecule has 0 bridgehead atoms. The van der Waals surface area contributed by atoms with E-state index in [1.54, 1.807) is 0 Å². The average molecular weight is 166 g/mol. The van der Waals surface area contributed by atoms with Crippen molar-refractivity contribution in [3.05, 3.63) is 0 Å². The van der Waals surface area contributed by atoms with Crippen molar-refractivity contribution >= 4 is 7.26 Å². The van der Waals surface area contributed by atoms with Gasteiger partial charge in [0.15, 0.2) is 0 Å². The first-order valence-electron chi connectivity index (χ1n) is 3.74. The van der Waals surface area contributed by atoms with Gasteiger partial charge in [-0.2, -0.15) is 0 Å². The van der Waals surface area contributed by atoms with Gasteiger partial charge in [0, 0.05) is 0 Å². The molecule has 0 amide bonds. The van der Waals surface area contributed by atoms with Crippen molar-refractivity contribution in [1.29, 1.82) is 0 Å². The van der Waals surface area contributed by atoms with Crippen LogP contribution in [0.15, 0.2) is 0 Å². The zero-order valence-electron chi connectivity index (χ0n) is 7.09. The van der Waals surface area contributed by atoms with Crippen LogP contribution in [0.4, 0.5) is 0 Å². The standard InChI is InChI=1S/C7H19O2P/c1-10(2,3)5-4-7(9)6-8/h7-10H,4-6H2,1-3H3. The molecule has 1 unspecified atom stereocenters. The monoisotopic (exact) mass is 166 g/mol. The van der Waals surface area contributed by atoms with Crippen molar-refractivity contribution in [2.45, 2.75) is 12.5 Å². The molecule has 0 radical (unpaired) electrons. The van der Waals surface area contributed by atoms with Crippen LogP contribution in [0.5, 0.6) is 0 Å². The summed E-state index contributed by atoms with van der Waals surface area (Å²) < 4.78 is 0. The van der Waals surface area contributed by atoms with Crippen molar-refractivity contribution in [2.75, 3.05) is 32.8 Å². The Morgan fingerprint density at radius 2 is 1.80 bits per heavy atom. The van der Waals surface area contributed by atoms with E-state index in [1.165, 1.54) is 0 Å². The summed E-state index contributed by atoms with van der Waals surface area (Å²) >= 11 is 0. The van der Waals surface area contributed by atoms with Crippen LogP contribution in [0.2, 0.25) is 0 Å². The summed E-state index contributed by atoms with van der Waals surface area (Å²) in [4.78, 5) is 0. The van der Waals surface area contributed by atoms with Gasteiger partial charge in [0.2, 0.25) is 0 Å². The number of hydrogen-bond acceptors (Lipinski definition) is 2. The van der Waals surface area contributed by atoms with Gasteiger partial charge >= 0.3 is 62.8 Å². The molecular formula is C7H19O2P. The van der Waals surface area contributed by atoms with Crippen LogP contribution < -0.4 is 0 Å². The fourth-order valence-electron chi connectivity index (χ4n) is 0.691. The van der Waals surface area contributed by atoms with Gasteiger partial charge in [-0.15, -0.1) is 0 Å². The van der Waals surface area contributed by atoms with E-state index in [0.29, 0.717) is 0 Å². The van der Waals surface area contributed by atoms with Gasteiger partial charge in [0.25, 0.3) is 0 Å². The van der Waals surface area contributed by atoms with E-state index < -0.39 is 13.4 Å². The number of rotatable bonds is 4. The second-order valence-electron chi connectivity index (χ2n) is 3.94. The first kappa shape index (κ1) is 10.3. The molecular weight excluding hydrogens is 147 g/mol. The molecule has 0 aliphatic rings. The Balaban J connectivity index is 3.36. The first-order valence-corrected chi connectivity index (χ1v) is 7.45. The molecule has 0 heterocycles. The normalized spacial score (nSPS) is 16.9. The predicted octanol–water partition coefficient (Wildman–Crippen LogP) is 0.369. The summed E-state index contributed by atoms with van der Waals surface area (Å²) in [6.07, 6.45) is 1.35. The maximum absolute atomic E-state index is 8.99. The van der Waals surface area contributed by atoms with E-state index in [4.69, 9.17) is 10.2 Å². The van der Waals surface area contributed by atoms with Gasteiger partial charge in [-0.25, -0.2) is 0 Å². The molecule has 1 atom stereocenters. The Hall–Kier alpha value is 0.350. The Labute approximate surface area is 63.6 Å². The van der Waals surface area contributed by atoms with Crippen LogP contribution in [0, 0.1) is 0 Å². The van der Waals surface area contributed by atoms with E-state index in [2.05, 4.69) is 20.0 Å². The maximum atomic E-state index is 8.99. The quantitative estimate of drug-likeness (QED) is 0.592. The van der Waals surface area contributed by atoms with E-state index in [1.807, 2.05) is 0 Å². The molecule has 2 N–H and O–H groups in total. The summed E-state index contributed by atoms with van der Waals surface area (Å²) in [5.74, 6) is 0. The molecule has 0 aromatic heterocycles. The van der Waals surface area contributed by atoms with Gasteiger partial charge < -0.3 is 0 Å². The van der Waals surface area contributed by atoms with Crippen LogP contribution in [-0.4, -0.2) is 49.1 Å². The van der Waals surface area contributed by atoms with Crippen LogP contribution >= 0.6 is 7.26 Å². The number of hydrogen-bond donors (Lipinski definition) is 2. The Kier molecular flexibility index (Phi) is 4.42.